The number of carbonyl (C=O) groups excluding carboxylic acids is 1. The summed E-state index contributed by atoms with van der Waals surface area (Å²) < 4.78 is 5.47. The van der Waals surface area contributed by atoms with Crippen LogP contribution in [0, 0.1) is 5.92 Å². The van der Waals surface area contributed by atoms with E-state index in [0.29, 0.717) is 12.0 Å². The SMILES string of the molecule is O=C(NCC1CCN(C2CCOC2)CC1)c1ccccc1. The molecule has 1 aromatic carbocycles. The Balaban J connectivity index is 1.40. The van der Waals surface area contributed by atoms with Gasteiger partial charge in [-0.2, -0.15) is 0 Å². The second-order valence-electron chi connectivity index (χ2n) is 6.07. The molecule has 0 bridgehead atoms. The van der Waals surface area contributed by atoms with Crippen LogP contribution in [0.2, 0.25) is 0 Å². The van der Waals surface area contributed by atoms with E-state index in [1.165, 1.54) is 19.3 Å². The minimum atomic E-state index is 0.0437. The van der Waals surface area contributed by atoms with E-state index in [4.69, 9.17) is 4.74 Å². The first-order valence-corrected chi connectivity index (χ1v) is 7.98. The van der Waals surface area contributed by atoms with Gasteiger partial charge in [-0.05, 0) is 50.4 Å². The molecule has 0 spiro atoms. The van der Waals surface area contributed by atoms with E-state index in [0.717, 1.165) is 38.4 Å². The average molecular weight is 288 g/mol. The molecule has 0 aromatic heterocycles. The van der Waals surface area contributed by atoms with Crippen molar-refractivity contribution in [3.8, 4) is 0 Å². The third-order valence-electron chi connectivity index (χ3n) is 4.66. The summed E-state index contributed by atoms with van der Waals surface area (Å²) in [5.41, 5.74) is 0.748. The molecule has 4 heteroatoms. The quantitative estimate of drug-likeness (QED) is 0.920. The molecule has 1 unspecified atom stereocenters. The maximum Gasteiger partial charge on any atom is 0.251 e. The Morgan fingerprint density at radius 3 is 2.62 bits per heavy atom. The molecule has 2 saturated heterocycles. The number of nitrogens with zero attached hydrogens (tertiary/aromatic N) is 1. The lowest BCUT2D eigenvalue weighted by Crippen LogP contribution is -2.43. The molecule has 2 heterocycles. The van der Waals surface area contributed by atoms with Crippen LogP contribution in [0.5, 0.6) is 0 Å². The Labute approximate surface area is 126 Å². The number of ether oxygens (including phenoxy) is 1. The fourth-order valence-corrected chi connectivity index (χ4v) is 3.26. The second kappa shape index (κ2) is 7.05. The van der Waals surface area contributed by atoms with Gasteiger partial charge in [-0.15, -0.1) is 0 Å². The van der Waals surface area contributed by atoms with Gasteiger partial charge in [0.1, 0.15) is 0 Å². The molecule has 2 fully saturated rings. The predicted molar refractivity (Wildman–Crippen MR) is 82.3 cm³/mol. The van der Waals surface area contributed by atoms with Crippen molar-refractivity contribution in [2.24, 2.45) is 5.92 Å². The highest BCUT2D eigenvalue weighted by Crippen LogP contribution is 2.21. The van der Waals surface area contributed by atoms with E-state index in [2.05, 4.69) is 10.2 Å². The van der Waals surface area contributed by atoms with Crippen LogP contribution >= 0.6 is 0 Å². The summed E-state index contributed by atoms with van der Waals surface area (Å²) in [6.07, 6.45) is 3.52. The monoisotopic (exact) mass is 288 g/mol. The zero-order valence-electron chi connectivity index (χ0n) is 12.5. The summed E-state index contributed by atoms with van der Waals surface area (Å²) in [5.74, 6) is 0.651. The highest BCUT2D eigenvalue weighted by molar-refractivity contribution is 5.94. The van der Waals surface area contributed by atoms with Crippen molar-refractivity contribution in [3.63, 3.8) is 0 Å². The first-order valence-electron chi connectivity index (χ1n) is 7.98. The van der Waals surface area contributed by atoms with Crippen molar-refractivity contribution in [2.45, 2.75) is 25.3 Å². The number of benzene rings is 1. The maximum absolute atomic E-state index is 12.0. The van der Waals surface area contributed by atoms with Crippen molar-refractivity contribution in [2.75, 3.05) is 32.8 Å². The van der Waals surface area contributed by atoms with Gasteiger partial charge in [0.2, 0.25) is 0 Å². The summed E-state index contributed by atoms with van der Waals surface area (Å²) in [7, 11) is 0. The number of carbonyl (C=O) groups is 1. The highest BCUT2D eigenvalue weighted by atomic mass is 16.5. The van der Waals surface area contributed by atoms with Crippen molar-refractivity contribution >= 4 is 5.91 Å². The van der Waals surface area contributed by atoms with Gasteiger partial charge in [-0.25, -0.2) is 0 Å². The van der Waals surface area contributed by atoms with Gasteiger partial charge in [0.25, 0.3) is 5.91 Å². The van der Waals surface area contributed by atoms with E-state index in [-0.39, 0.29) is 5.91 Å². The summed E-state index contributed by atoms with van der Waals surface area (Å²) >= 11 is 0. The van der Waals surface area contributed by atoms with Crippen molar-refractivity contribution in [1.29, 1.82) is 0 Å². The molecule has 0 radical (unpaired) electrons. The van der Waals surface area contributed by atoms with Crippen LogP contribution in [0.3, 0.4) is 0 Å². The molecule has 2 aliphatic heterocycles. The zero-order valence-corrected chi connectivity index (χ0v) is 12.5. The number of hydrogen-bond acceptors (Lipinski definition) is 3. The molecule has 1 atom stereocenters. The van der Waals surface area contributed by atoms with Gasteiger partial charge in [-0.1, -0.05) is 18.2 Å². The molecule has 0 aliphatic carbocycles. The minimum Gasteiger partial charge on any atom is -0.380 e. The minimum absolute atomic E-state index is 0.0437. The highest BCUT2D eigenvalue weighted by Gasteiger charge is 2.27. The van der Waals surface area contributed by atoms with Gasteiger partial charge in [0.15, 0.2) is 0 Å². The first kappa shape index (κ1) is 14.5. The Kier molecular flexibility index (Phi) is 4.88. The smallest absolute Gasteiger partial charge is 0.251 e. The third kappa shape index (κ3) is 3.83. The fourth-order valence-electron chi connectivity index (χ4n) is 3.26. The van der Waals surface area contributed by atoms with Crippen LogP contribution in [-0.4, -0.2) is 49.7 Å². The summed E-state index contributed by atoms with van der Waals surface area (Å²) in [6, 6.07) is 10.1. The standard InChI is InChI=1S/C17H24N2O2/c20-17(15-4-2-1-3-5-15)18-12-14-6-9-19(10-7-14)16-8-11-21-13-16/h1-5,14,16H,6-13H2,(H,18,20). The van der Waals surface area contributed by atoms with Crippen LogP contribution in [-0.2, 0) is 4.74 Å². The number of amides is 1. The number of likely N-dealkylation sites (tertiary alicyclic amines) is 1. The van der Waals surface area contributed by atoms with Gasteiger partial charge in [0, 0.05) is 24.8 Å². The third-order valence-corrected chi connectivity index (χ3v) is 4.66. The number of nitrogens with one attached hydrogen (secondary N) is 1. The topological polar surface area (TPSA) is 41.6 Å². The van der Waals surface area contributed by atoms with Crippen LogP contribution in [0.15, 0.2) is 30.3 Å². The molecular formula is C17H24N2O2. The molecule has 4 nitrogen and oxygen atoms in total. The fraction of sp³-hybridized carbons (Fsp3) is 0.588. The molecule has 21 heavy (non-hydrogen) atoms. The molecule has 1 aromatic rings. The molecule has 114 valence electrons. The molecule has 2 aliphatic rings. The van der Waals surface area contributed by atoms with Gasteiger partial charge < -0.3 is 10.1 Å². The van der Waals surface area contributed by atoms with Gasteiger partial charge >= 0.3 is 0 Å². The maximum atomic E-state index is 12.0. The van der Waals surface area contributed by atoms with E-state index < -0.39 is 0 Å². The lowest BCUT2D eigenvalue weighted by molar-refractivity contribution is 0.0911. The summed E-state index contributed by atoms with van der Waals surface area (Å²) in [6.45, 7) is 4.88. The number of hydrogen-bond donors (Lipinski definition) is 1. The van der Waals surface area contributed by atoms with E-state index >= 15 is 0 Å². The van der Waals surface area contributed by atoms with Crippen molar-refractivity contribution < 1.29 is 9.53 Å². The van der Waals surface area contributed by atoms with E-state index in [9.17, 15) is 4.79 Å². The largest absolute Gasteiger partial charge is 0.380 e. The molecule has 1 N–H and O–H groups in total. The molecule has 0 saturated carbocycles. The summed E-state index contributed by atoms with van der Waals surface area (Å²) in [4.78, 5) is 14.6. The molecule has 1 amide bonds. The second-order valence-corrected chi connectivity index (χ2v) is 6.07. The van der Waals surface area contributed by atoms with Gasteiger partial charge in [-0.3, -0.25) is 9.69 Å². The number of rotatable bonds is 4. The van der Waals surface area contributed by atoms with Gasteiger partial charge in [0.05, 0.1) is 6.61 Å². The number of piperidine rings is 1. The van der Waals surface area contributed by atoms with E-state index in [1.807, 2.05) is 30.3 Å². The first-order chi connectivity index (χ1) is 10.3. The zero-order chi connectivity index (χ0) is 14.5. The van der Waals surface area contributed by atoms with Crippen molar-refractivity contribution in [1.82, 2.24) is 10.2 Å². The Hall–Kier alpha value is -1.39. The Morgan fingerprint density at radius 2 is 1.95 bits per heavy atom. The van der Waals surface area contributed by atoms with Crippen LogP contribution in [0.1, 0.15) is 29.6 Å². The lowest BCUT2D eigenvalue weighted by atomic mass is 9.95. The van der Waals surface area contributed by atoms with Crippen LogP contribution in [0.25, 0.3) is 0 Å². The normalized spacial score (nSPS) is 24.1. The average Bonchev–Trinajstić information content (AvgIpc) is 3.08. The van der Waals surface area contributed by atoms with E-state index in [1.54, 1.807) is 0 Å². The Bertz CT molecular complexity index is 449. The Morgan fingerprint density at radius 1 is 1.19 bits per heavy atom. The summed E-state index contributed by atoms with van der Waals surface area (Å²) in [5, 5.41) is 3.07. The predicted octanol–water partition coefficient (Wildman–Crippen LogP) is 1.92. The van der Waals surface area contributed by atoms with Crippen LogP contribution in [0.4, 0.5) is 0 Å². The van der Waals surface area contributed by atoms with Crippen molar-refractivity contribution in [3.05, 3.63) is 35.9 Å². The van der Waals surface area contributed by atoms with Crippen LogP contribution < -0.4 is 5.32 Å². The molecular weight excluding hydrogens is 264 g/mol. The molecule has 3 rings (SSSR count). The lowest BCUT2D eigenvalue weighted by Gasteiger charge is -2.35.